The maximum absolute atomic E-state index is 14.9. The summed E-state index contributed by atoms with van der Waals surface area (Å²) < 4.78 is 5.17. The molecule has 14 heteroatoms. The van der Waals surface area contributed by atoms with Crippen LogP contribution in [0.5, 0.6) is 0 Å². The number of ether oxygens (including phenoxy) is 1. The average Bonchev–Trinajstić information content (AvgIpc) is 3.18. The maximum atomic E-state index is 14.9. The number of benzene rings is 1. The van der Waals surface area contributed by atoms with Gasteiger partial charge in [-0.15, -0.1) is 0 Å². The summed E-state index contributed by atoms with van der Waals surface area (Å²) in [6, 6.07) is 10.7. The molecule has 7 rings (SSSR count). The second-order valence-corrected chi connectivity index (χ2v) is 16.5. The van der Waals surface area contributed by atoms with Gasteiger partial charge >= 0.3 is 6.09 Å². The number of carbonyl (C=O) groups excluding carboxylic acids is 3. The van der Waals surface area contributed by atoms with E-state index in [0.717, 1.165) is 91.4 Å². The zero-order chi connectivity index (χ0) is 37.4. The second kappa shape index (κ2) is 15.6. The molecule has 1 aromatic rings. The highest BCUT2D eigenvalue weighted by atomic mass is 16.5. The van der Waals surface area contributed by atoms with Gasteiger partial charge < -0.3 is 34.6 Å². The number of nitrogens with zero attached hydrogens (tertiary/aromatic N) is 9. The Balaban J connectivity index is 1.43. The van der Waals surface area contributed by atoms with Gasteiger partial charge in [0.1, 0.15) is 11.3 Å². The number of carbonyl (C=O) groups is 3. The highest BCUT2D eigenvalue weighted by Crippen LogP contribution is 2.54. The lowest BCUT2D eigenvalue weighted by atomic mass is 9.64. The monoisotopic (exact) mass is 737 g/mol. The van der Waals surface area contributed by atoms with Gasteiger partial charge in [0.05, 0.1) is 18.7 Å². The molecule has 3 unspecified atom stereocenters. The van der Waals surface area contributed by atoms with Gasteiger partial charge in [-0.25, -0.2) is 4.79 Å². The Labute approximate surface area is 316 Å². The van der Waals surface area contributed by atoms with E-state index < -0.39 is 16.9 Å². The van der Waals surface area contributed by atoms with Crippen LogP contribution >= 0.6 is 0 Å². The van der Waals surface area contributed by atoms with Crippen molar-refractivity contribution in [3.63, 3.8) is 0 Å². The van der Waals surface area contributed by atoms with Crippen molar-refractivity contribution < 1.29 is 19.1 Å². The molecule has 0 bridgehead atoms. The summed E-state index contributed by atoms with van der Waals surface area (Å²) in [6.45, 7) is 20.3. The van der Waals surface area contributed by atoms with E-state index in [2.05, 4.69) is 90.8 Å². The fourth-order valence-corrected chi connectivity index (χ4v) is 11.0. The van der Waals surface area contributed by atoms with Crippen molar-refractivity contribution in [2.24, 2.45) is 0 Å². The van der Waals surface area contributed by atoms with Crippen LogP contribution in [0.4, 0.5) is 10.5 Å². The molecular weight excluding hydrogens is 672 g/mol. The second-order valence-electron chi connectivity index (χ2n) is 16.5. The normalized spacial score (nSPS) is 31.9. The summed E-state index contributed by atoms with van der Waals surface area (Å²) >= 11 is 0. The Morgan fingerprint density at radius 2 is 1.32 bits per heavy atom. The first-order valence-corrected chi connectivity index (χ1v) is 20.2. The lowest BCUT2D eigenvalue weighted by Crippen LogP contribution is -2.99. The Hall–Kier alpha value is -3.01. The van der Waals surface area contributed by atoms with Gasteiger partial charge in [-0.3, -0.25) is 29.2 Å². The summed E-state index contributed by atoms with van der Waals surface area (Å²) in [5.41, 5.74) is -0.666. The Kier molecular flexibility index (Phi) is 11.3. The number of piperazine rings is 4. The number of piperidine rings is 2. The first-order chi connectivity index (χ1) is 25.5. The largest absolute Gasteiger partial charge is 0.453 e. The van der Waals surface area contributed by atoms with Crippen LogP contribution in [0.2, 0.25) is 0 Å². The molecule has 0 saturated carbocycles. The minimum atomic E-state index is -0.755. The number of likely N-dealkylation sites (tertiary alicyclic amines) is 1. The predicted octanol–water partition coefficient (Wildman–Crippen LogP) is 0.760. The first-order valence-electron chi connectivity index (χ1n) is 20.2. The number of rotatable bonds is 6. The quantitative estimate of drug-likeness (QED) is 0.449. The van der Waals surface area contributed by atoms with Gasteiger partial charge in [-0.1, -0.05) is 18.2 Å². The molecule has 6 heterocycles. The van der Waals surface area contributed by atoms with Crippen LogP contribution in [0, 0.1) is 0 Å². The first kappa shape index (κ1) is 38.3. The van der Waals surface area contributed by atoms with Crippen LogP contribution in [-0.4, -0.2) is 212 Å². The number of para-hydroxylation sites is 1. The zero-order valence-corrected chi connectivity index (χ0v) is 33.0. The molecule has 14 nitrogen and oxygen atoms in total. The molecule has 1 N–H and O–H groups in total. The average molecular weight is 737 g/mol. The number of methoxy groups -OCH3 is 1. The van der Waals surface area contributed by atoms with E-state index in [1.807, 2.05) is 9.80 Å². The van der Waals surface area contributed by atoms with E-state index in [9.17, 15) is 14.4 Å². The number of hydrogen-bond donors (Lipinski definition) is 1. The van der Waals surface area contributed by atoms with Crippen molar-refractivity contribution in [3.8, 4) is 0 Å². The summed E-state index contributed by atoms with van der Waals surface area (Å²) in [6.07, 6.45) is 2.18. The number of likely N-dealkylation sites (N-methyl/N-ethyl adjacent to an activating group) is 1. The molecule has 0 aliphatic carbocycles. The fraction of sp³-hybridized carbons (Fsp3) is 0.769. The molecule has 3 atom stereocenters. The van der Waals surface area contributed by atoms with E-state index in [4.69, 9.17) is 4.74 Å². The fourth-order valence-electron chi connectivity index (χ4n) is 11.0. The molecule has 1 aromatic carbocycles. The Bertz CT molecular complexity index is 1430. The Morgan fingerprint density at radius 3 is 1.91 bits per heavy atom. The van der Waals surface area contributed by atoms with E-state index >= 15 is 0 Å². The molecule has 0 radical (unpaired) electrons. The molecule has 6 fully saturated rings. The smallest absolute Gasteiger partial charge is 0.409 e. The van der Waals surface area contributed by atoms with Crippen molar-refractivity contribution in [1.29, 1.82) is 0 Å². The van der Waals surface area contributed by atoms with Crippen LogP contribution in [0.15, 0.2) is 30.3 Å². The summed E-state index contributed by atoms with van der Waals surface area (Å²) in [7, 11) is 3.67. The minimum Gasteiger partial charge on any atom is -0.453 e. The van der Waals surface area contributed by atoms with E-state index in [0.29, 0.717) is 45.7 Å². The molecule has 6 saturated heterocycles. The van der Waals surface area contributed by atoms with Crippen molar-refractivity contribution in [2.75, 3.05) is 137 Å². The van der Waals surface area contributed by atoms with Gasteiger partial charge in [0.2, 0.25) is 11.8 Å². The number of amides is 3. The molecule has 0 spiro atoms. The van der Waals surface area contributed by atoms with Crippen LogP contribution in [-0.2, 0) is 14.3 Å². The highest BCUT2D eigenvalue weighted by molar-refractivity contribution is 5.78. The van der Waals surface area contributed by atoms with Crippen molar-refractivity contribution in [3.05, 3.63) is 30.3 Å². The molecule has 0 aromatic heterocycles. The Morgan fingerprint density at radius 1 is 0.736 bits per heavy atom. The number of hydrogen-bond acceptors (Lipinski definition) is 11. The van der Waals surface area contributed by atoms with Gasteiger partial charge in [0.25, 0.3) is 0 Å². The number of nitrogens with one attached hydrogen (secondary N) is 1. The summed E-state index contributed by atoms with van der Waals surface area (Å²) in [5, 5.41) is 4.14. The lowest BCUT2D eigenvalue weighted by molar-refractivity contribution is -0.298. The standard InChI is InChI=1S/C39H64N10O4/c1-32(50)42-21-27-46(28-22-42)38(47-29-23-43(24-30-47)33-11-7-6-8-12-33)34(44-17-19-45(20-18-44)36(52)53-5)31-40-37(2,3)39(38,48-25-15-41(4)16-26-48)49-14-10-9-13-35(49)51/h6-8,11-12,34,40H,9-10,13-31H2,1-5H3. The van der Waals surface area contributed by atoms with E-state index in [1.165, 1.54) is 12.8 Å². The summed E-state index contributed by atoms with van der Waals surface area (Å²) in [5.74, 6) is 0.365. The predicted molar refractivity (Wildman–Crippen MR) is 206 cm³/mol. The van der Waals surface area contributed by atoms with Gasteiger partial charge in [0.15, 0.2) is 0 Å². The van der Waals surface area contributed by atoms with E-state index in [-0.39, 0.29) is 23.9 Å². The third-order valence-corrected chi connectivity index (χ3v) is 13.5. The van der Waals surface area contributed by atoms with Crippen LogP contribution in [0.3, 0.4) is 0 Å². The van der Waals surface area contributed by atoms with Gasteiger partial charge in [0, 0.05) is 137 Å². The molecular formula is C39H64N10O4. The molecule has 3 amide bonds. The SMILES string of the molecule is COC(=O)N1CCN(C2CNC(C)(C)C(N3CCN(C)CC3)(N3CCCCC3=O)C2(N2CCN(C(C)=O)CC2)N2CCN(c3ccccc3)CC2)CC1. The number of anilines is 1. The van der Waals surface area contributed by atoms with Gasteiger partial charge in [-0.2, -0.15) is 0 Å². The van der Waals surface area contributed by atoms with Crippen LogP contribution < -0.4 is 10.2 Å². The minimum absolute atomic E-state index is 0.0168. The van der Waals surface area contributed by atoms with Crippen LogP contribution in [0.25, 0.3) is 0 Å². The lowest BCUT2D eigenvalue weighted by Gasteiger charge is -2.77. The maximum Gasteiger partial charge on any atom is 0.409 e. The highest BCUT2D eigenvalue weighted by Gasteiger charge is 2.76. The zero-order valence-electron chi connectivity index (χ0n) is 33.0. The van der Waals surface area contributed by atoms with E-state index in [1.54, 1.807) is 6.92 Å². The summed E-state index contributed by atoms with van der Waals surface area (Å²) in [4.78, 5) is 62.4. The van der Waals surface area contributed by atoms with Gasteiger partial charge in [-0.05, 0) is 45.9 Å². The third-order valence-electron chi connectivity index (χ3n) is 13.5. The molecule has 6 aliphatic rings. The molecule has 6 aliphatic heterocycles. The molecule has 294 valence electrons. The topological polar surface area (TPSA) is 102 Å². The van der Waals surface area contributed by atoms with Crippen molar-refractivity contribution >= 4 is 23.6 Å². The van der Waals surface area contributed by atoms with Crippen LogP contribution in [0.1, 0.15) is 40.0 Å². The third kappa shape index (κ3) is 6.60. The van der Waals surface area contributed by atoms with Crippen molar-refractivity contribution in [2.45, 2.75) is 62.9 Å². The molecule has 53 heavy (non-hydrogen) atoms. The van der Waals surface area contributed by atoms with Crippen molar-refractivity contribution in [1.82, 2.24) is 44.5 Å².